The number of rotatable bonds is 4. The molecule has 6 nitrogen and oxygen atoms in total. The van der Waals surface area contributed by atoms with Crippen molar-refractivity contribution in [1.82, 2.24) is 5.32 Å². The Labute approximate surface area is 154 Å². The van der Waals surface area contributed by atoms with Gasteiger partial charge in [-0.2, -0.15) is 0 Å². The van der Waals surface area contributed by atoms with Crippen molar-refractivity contribution in [3.05, 3.63) is 23.8 Å². The first-order valence-corrected chi connectivity index (χ1v) is 9.36. The average molecular weight is 361 g/mol. The van der Waals surface area contributed by atoms with Gasteiger partial charge in [-0.15, -0.1) is 0 Å². The van der Waals surface area contributed by atoms with Crippen LogP contribution in [0.15, 0.2) is 18.2 Å². The Morgan fingerprint density at radius 3 is 2.65 bits per heavy atom. The molecule has 3 rings (SSSR count). The monoisotopic (exact) mass is 361 g/mol. The van der Waals surface area contributed by atoms with Gasteiger partial charge in [-0.1, -0.05) is 26.7 Å². The molecule has 0 spiro atoms. The van der Waals surface area contributed by atoms with Crippen LogP contribution in [0.5, 0.6) is 11.5 Å². The second kappa shape index (κ2) is 7.98. The summed E-state index contributed by atoms with van der Waals surface area (Å²) in [5.41, 5.74) is 0.341. The van der Waals surface area contributed by atoms with Gasteiger partial charge >= 0.3 is 5.97 Å². The van der Waals surface area contributed by atoms with Crippen molar-refractivity contribution in [3.63, 3.8) is 0 Å². The van der Waals surface area contributed by atoms with Gasteiger partial charge in [0.25, 0.3) is 5.91 Å². The summed E-state index contributed by atoms with van der Waals surface area (Å²) in [4.78, 5) is 24.8. The largest absolute Gasteiger partial charge is 0.486 e. The molecule has 4 atom stereocenters. The summed E-state index contributed by atoms with van der Waals surface area (Å²) in [6, 6.07) is 5.03. The first kappa shape index (κ1) is 18.5. The third-order valence-corrected chi connectivity index (χ3v) is 5.47. The van der Waals surface area contributed by atoms with Crippen LogP contribution >= 0.6 is 0 Å². The molecule has 1 aromatic carbocycles. The molecular weight excluding hydrogens is 334 g/mol. The minimum atomic E-state index is -0.847. The summed E-state index contributed by atoms with van der Waals surface area (Å²) >= 11 is 0. The van der Waals surface area contributed by atoms with E-state index in [9.17, 15) is 9.59 Å². The maximum atomic E-state index is 12.4. The molecule has 1 amide bonds. The molecule has 1 aliphatic heterocycles. The second-order valence-electron chi connectivity index (χ2n) is 7.29. The standard InChI is InChI=1S/C20H27NO5/c1-12-5-4-6-16(13(12)2)21-19(22)14(3)26-20(23)15-7-8-17-18(11-15)25-10-9-24-17/h7-8,11-14,16H,4-6,9-10H2,1-3H3,(H,21,22)/t12-,13+,14+,16-/m0/s1. The number of amides is 1. The van der Waals surface area contributed by atoms with Crippen molar-refractivity contribution in [2.75, 3.05) is 13.2 Å². The molecule has 1 heterocycles. The first-order chi connectivity index (χ1) is 12.5. The molecular formula is C20H27NO5. The molecule has 26 heavy (non-hydrogen) atoms. The summed E-state index contributed by atoms with van der Waals surface area (Å²) in [7, 11) is 0. The number of esters is 1. The van der Waals surface area contributed by atoms with E-state index in [0.29, 0.717) is 42.1 Å². The van der Waals surface area contributed by atoms with Crippen LogP contribution in [0.1, 0.15) is 50.4 Å². The third-order valence-electron chi connectivity index (χ3n) is 5.47. The van der Waals surface area contributed by atoms with Gasteiger partial charge in [-0.3, -0.25) is 4.79 Å². The van der Waals surface area contributed by atoms with Gasteiger partial charge in [0.15, 0.2) is 17.6 Å². The third kappa shape index (κ3) is 4.11. The summed E-state index contributed by atoms with van der Waals surface area (Å²) < 4.78 is 16.3. The van der Waals surface area contributed by atoms with Gasteiger partial charge in [0, 0.05) is 6.04 Å². The molecule has 1 fully saturated rings. The lowest BCUT2D eigenvalue weighted by atomic mass is 9.78. The van der Waals surface area contributed by atoms with E-state index < -0.39 is 12.1 Å². The normalized spacial score (nSPS) is 25.9. The van der Waals surface area contributed by atoms with Crippen LogP contribution in [0.2, 0.25) is 0 Å². The maximum absolute atomic E-state index is 12.4. The maximum Gasteiger partial charge on any atom is 0.339 e. The minimum absolute atomic E-state index is 0.140. The van der Waals surface area contributed by atoms with E-state index in [4.69, 9.17) is 14.2 Å². The van der Waals surface area contributed by atoms with Gasteiger partial charge < -0.3 is 19.5 Å². The second-order valence-corrected chi connectivity index (χ2v) is 7.29. The molecule has 142 valence electrons. The summed E-state index contributed by atoms with van der Waals surface area (Å²) in [6.07, 6.45) is 2.43. The number of hydrogen-bond acceptors (Lipinski definition) is 5. The fourth-order valence-electron chi connectivity index (χ4n) is 3.54. The van der Waals surface area contributed by atoms with Crippen LogP contribution in [0.3, 0.4) is 0 Å². The molecule has 1 aliphatic carbocycles. The smallest absolute Gasteiger partial charge is 0.339 e. The van der Waals surface area contributed by atoms with Crippen molar-refractivity contribution in [3.8, 4) is 11.5 Å². The lowest BCUT2D eigenvalue weighted by molar-refractivity contribution is -0.130. The van der Waals surface area contributed by atoms with Gasteiger partial charge in [-0.05, 0) is 43.4 Å². The number of carbonyl (C=O) groups is 2. The van der Waals surface area contributed by atoms with Crippen LogP contribution in [0.4, 0.5) is 0 Å². The highest BCUT2D eigenvalue weighted by molar-refractivity contribution is 5.93. The number of nitrogens with one attached hydrogen (secondary N) is 1. The Balaban J connectivity index is 1.57. The number of benzene rings is 1. The topological polar surface area (TPSA) is 73.9 Å². The van der Waals surface area contributed by atoms with E-state index in [2.05, 4.69) is 19.2 Å². The van der Waals surface area contributed by atoms with Gasteiger partial charge in [0.05, 0.1) is 5.56 Å². The Kier molecular flexibility index (Phi) is 5.69. The predicted molar refractivity (Wildman–Crippen MR) is 96.4 cm³/mol. The summed E-state index contributed by atoms with van der Waals surface area (Å²) in [5.74, 6) is 1.35. The molecule has 2 aliphatic rings. The van der Waals surface area contributed by atoms with Crippen molar-refractivity contribution >= 4 is 11.9 Å². The van der Waals surface area contributed by atoms with Crippen molar-refractivity contribution in [2.45, 2.75) is 52.2 Å². The average Bonchev–Trinajstić information content (AvgIpc) is 2.64. The van der Waals surface area contributed by atoms with Crippen LogP contribution in [0, 0.1) is 11.8 Å². The molecule has 1 N–H and O–H groups in total. The van der Waals surface area contributed by atoms with Crippen molar-refractivity contribution < 1.29 is 23.8 Å². The zero-order valence-electron chi connectivity index (χ0n) is 15.6. The molecule has 0 aromatic heterocycles. The zero-order chi connectivity index (χ0) is 18.7. The number of carbonyl (C=O) groups excluding carboxylic acids is 2. The molecule has 6 heteroatoms. The number of hydrogen-bond donors (Lipinski definition) is 1. The van der Waals surface area contributed by atoms with Gasteiger partial charge in [-0.25, -0.2) is 4.79 Å². The van der Waals surface area contributed by atoms with E-state index in [1.54, 1.807) is 25.1 Å². The highest BCUT2D eigenvalue weighted by Crippen LogP contribution is 2.31. The molecule has 0 saturated heterocycles. The fraction of sp³-hybridized carbons (Fsp3) is 0.600. The van der Waals surface area contributed by atoms with Crippen LogP contribution < -0.4 is 14.8 Å². The van der Waals surface area contributed by atoms with Gasteiger partial charge in [0.1, 0.15) is 13.2 Å². The lowest BCUT2D eigenvalue weighted by Crippen LogP contribution is -2.47. The quantitative estimate of drug-likeness (QED) is 0.835. The SMILES string of the molecule is C[C@H]1[C@@H](NC(=O)[C@@H](C)OC(=O)c2ccc3c(c2)OCCO3)CCC[C@@H]1C. The predicted octanol–water partition coefficient (Wildman–Crippen LogP) is 2.94. The molecule has 1 aromatic rings. The Bertz CT molecular complexity index is 674. The van der Waals surface area contributed by atoms with Crippen molar-refractivity contribution in [1.29, 1.82) is 0 Å². The summed E-state index contributed by atoms with van der Waals surface area (Å²) in [5, 5.41) is 3.04. The van der Waals surface area contributed by atoms with Crippen LogP contribution in [-0.2, 0) is 9.53 Å². The molecule has 0 radical (unpaired) electrons. The first-order valence-electron chi connectivity index (χ1n) is 9.36. The van der Waals surface area contributed by atoms with E-state index in [1.807, 2.05) is 0 Å². The minimum Gasteiger partial charge on any atom is -0.486 e. The molecule has 1 saturated carbocycles. The number of fused-ring (bicyclic) bond motifs is 1. The van der Waals surface area contributed by atoms with Crippen LogP contribution in [-0.4, -0.2) is 37.2 Å². The van der Waals surface area contributed by atoms with Crippen LogP contribution in [0.25, 0.3) is 0 Å². The van der Waals surface area contributed by atoms with E-state index >= 15 is 0 Å². The van der Waals surface area contributed by atoms with Crippen molar-refractivity contribution in [2.24, 2.45) is 11.8 Å². The fourth-order valence-corrected chi connectivity index (χ4v) is 3.54. The Morgan fingerprint density at radius 2 is 1.88 bits per heavy atom. The Hall–Kier alpha value is -2.24. The molecule has 0 bridgehead atoms. The zero-order valence-corrected chi connectivity index (χ0v) is 15.6. The van der Waals surface area contributed by atoms with E-state index in [-0.39, 0.29) is 11.9 Å². The van der Waals surface area contributed by atoms with E-state index in [0.717, 1.165) is 12.8 Å². The Morgan fingerprint density at radius 1 is 1.15 bits per heavy atom. The lowest BCUT2D eigenvalue weighted by Gasteiger charge is -2.35. The number of ether oxygens (including phenoxy) is 3. The van der Waals surface area contributed by atoms with Gasteiger partial charge in [0.2, 0.25) is 0 Å². The van der Waals surface area contributed by atoms with E-state index in [1.165, 1.54) is 6.42 Å². The molecule has 0 unspecified atom stereocenters. The highest BCUT2D eigenvalue weighted by atomic mass is 16.6. The summed E-state index contributed by atoms with van der Waals surface area (Å²) in [6.45, 7) is 6.92. The highest BCUT2D eigenvalue weighted by Gasteiger charge is 2.30.